The lowest BCUT2D eigenvalue weighted by Crippen LogP contribution is -2.51. The fraction of sp³-hybridized carbons (Fsp3) is 0.522. The zero-order chi connectivity index (χ0) is 22.3. The number of amides is 1. The Morgan fingerprint density at radius 1 is 1.00 bits per heavy atom. The summed E-state index contributed by atoms with van der Waals surface area (Å²) in [5, 5.41) is 4.30. The zero-order valence-electron chi connectivity index (χ0n) is 17.8. The Morgan fingerprint density at radius 2 is 1.75 bits per heavy atom. The van der Waals surface area contributed by atoms with Gasteiger partial charge in [0.05, 0.1) is 17.5 Å². The molecule has 3 saturated heterocycles. The van der Waals surface area contributed by atoms with Crippen molar-refractivity contribution >= 4 is 34.1 Å². The number of carbonyl (C=O) groups is 1. The van der Waals surface area contributed by atoms with Crippen molar-refractivity contribution in [3.8, 4) is 0 Å². The van der Waals surface area contributed by atoms with Gasteiger partial charge < -0.3 is 15.1 Å². The zero-order valence-corrected chi connectivity index (χ0v) is 18.6. The van der Waals surface area contributed by atoms with Gasteiger partial charge in [-0.25, -0.2) is 0 Å². The minimum atomic E-state index is -4.37. The lowest BCUT2D eigenvalue weighted by Gasteiger charge is -2.39. The highest BCUT2D eigenvalue weighted by atomic mass is 32.2. The van der Waals surface area contributed by atoms with E-state index in [1.54, 1.807) is 42.1 Å². The molecule has 0 aromatic heterocycles. The van der Waals surface area contributed by atoms with Crippen LogP contribution in [0, 0.1) is 0 Å². The van der Waals surface area contributed by atoms with E-state index >= 15 is 0 Å². The molecule has 5 nitrogen and oxygen atoms in total. The summed E-state index contributed by atoms with van der Waals surface area (Å²) in [7, 11) is 0. The van der Waals surface area contributed by atoms with Crippen molar-refractivity contribution in [1.29, 1.82) is 0 Å². The molecule has 0 saturated carbocycles. The first-order valence-electron chi connectivity index (χ1n) is 11.1. The second-order valence-corrected chi connectivity index (χ2v) is 9.76. The third-order valence-electron chi connectivity index (χ3n) is 6.85. The Hall–Kier alpha value is -1.97. The third-order valence-corrected chi connectivity index (χ3v) is 7.81. The normalized spacial score (nSPS) is 25.1. The number of anilines is 1. The molecule has 0 radical (unpaired) electrons. The van der Waals surface area contributed by atoms with Crippen LogP contribution in [0.1, 0.15) is 12.0 Å². The number of alkyl halides is 3. The minimum Gasteiger partial charge on any atom is -0.368 e. The monoisotopic (exact) mass is 464 g/mol. The molecule has 9 heteroatoms. The largest absolute Gasteiger partial charge is 0.417 e. The summed E-state index contributed by atoms with van der Waals surface area (Å²) in [4.78, 5) is 19.2. The van der Waals surface area contributed by atoms with Crippen LogP contribution in [0.5, 0.6) is 0 Å². The molecule has 2 aromatic rings. The van der Waals surface area contributed by atoms with Gasteiger partial charge >= 0.3 is 6.18 Å². The number of rotatable bonds is 3. The summed E-state index contributed by atoms with van der Waals surface area (Å²) in [5.41, 5.74) is 0.275. The number of nitrogens with one attached hydrogen (secondary N) is 1. The van der Waals surface area contributed by atoms with Crippen LogP contribution in [0.3, 0.4) is 0 Å². The van der Waals surface area contributed by atoms with Crippen LogP contribution in [0.2, 0.25) is 0 Å². The van der Waals surface area contributed by atoms with Crippen molar-refractivity contribution in [1.82, 2.24) is 15.1 Å². The summed E-state index contributed by atoms with van der Waals surface area (Å²) in [6.45, 7) is 4.83. The SMILES string of the molecule is O=C([C@@H]1C[C@H](N2CCN(c3ccc(C(F)(F)F)c4ccccc34)CC2)CN1)N1CCSC1. The van der Waals surface area contributed by atoms with E-state index in [0.717, 1.165) is 63.0 Å². The van der Waals surface area contributed by atoms with Crippen molar-refractivity contribution in [3.63, 3.8) is 0 Å². The lowest BCUT2D eigenvalue weighted by molar-refractivity contribution is -0.136. The summed E-state index contributed by atoms with van der Waals surface area (Å²) >= 11 is 1.80. The van der Waals surface area contributed by atoms with Crippen molar-refractivity contribution < 1.29 is 18.0 Å². The smallest absolute Gasteiger partial charge is 0.368 e. The Morgan fingerprint density at radius 3 is 2.44 bits per heavy atom. The molecule has 3 aliphatic heterocycles. The van der Waals surface area contributed by atoms with Crippen molar-refractivity contribution in [3.05, 3.63) is 42.0 Å². The van der Waals surface area contributed by atoms with Crippen LogP contribution < -0.4 is 10.2 Å². The molecular weight excluding hydrogens is 437 g/mol. The van der Waals surface area contributed by atoms with Crippen LogP contribution in [0.25, 0.3) is 10.8 Å². The second kappa shape index (κ2) is 8.76. The number of hydrogen-bond acceptors (Lipinski definition) is 5. The number of halogens is 3. The van der Waals surface area contributed by atoms with Gasteiger partial charge in [0, 0.05) is 62.1 Å². The Balaban J connectivity index is 1.25. The molecule has 0 aliphatic carbocycles. The van der Waals surface area contributed by atoms with E-state index in [2.05, 4.69) is 15.1 Å². The minimum absolute atomic E-state index is 0.101. The first-order valence-corrected chi connectivity index (χ1v) is 12.2. The Labute approximate surface area is 189 Å². The number of piperazine rings is 1. The highest BCUT2D eigenvalue weighted by Crippen LogP contribution is 2.38. The fourth-order valence-electron chi connectivity index (χ4n) is 5.13. The fourth-order valence-corrected chi connectivity index (χ4v) is 6.08. The number of fused-ring (bicyclic) bond motifs is 1. The van der Waals surface area contributed by atoms with Crippen LogP contribution in [0.15, 0.2) is 36.4 Å². The molecule has 3 aliphatic rings. The van der Waals surface area contributed by atoms with Gasteiger partial charge in [0.2, 0.25) is 5.91 Å². The van der Waals surface area contributed by atoms with E-state index in [-0.39, 0.29) is 17.3 Å². The van der Waals surface area contributed by atoms with E-state index in [9.17, 15) is 18.0 Å². The van der Waals surface area contributed by atoms with Gasteiger partial charge in [-0.15, -0.1) is 11.8 Å². The Kier molecular flexibility index (Phi) is 5.98. The first kappa shape index (κ1) is 21.9. The van der Waals surface area contributed by atoms with Crippen LogP contribution >= 0.6 is 11.8 Å². The number of carbonyl (C=O) groups excluding carboxylic acids is 1. The standard InChI is InChI=1S/C23H27F3N4OS/c24-23(25,26)19-5-6-21(18-4-2-1-3-17(18)19)29-9-7-28(8-10-29)16-13-20(27-14-16)22(31)30-11-12-32-15-30/h1-6,16,20,27H,7-15H2/t16-,20-/m0/s1. The van der Waals surface area contributed by atoms with Gasteiger partial charge in [0.15, 0.2) is 0 Å². The quantitative estimate of drug-likeness (QED) is 0.755. The van der Waals surface area contributed by atoms with E-state index in [1.807, 2.05) is 4.90 Å². The molecule has 3 heterocycles. The number of benzene rings is 2. The highest BCUT2D eigenvalue weighted by molar-refractivity contribution is 7.99. The van der Waals surface area contributed by atoms with E-state index < -0.39 is 11.7 Å². The average Bonchev–Trinajstić information content (AvgIpc) is 3.50. The van der Waals surface area contributed by atoms with E-state index in [0.29, 0.717) is 11.4 Å². The lowest BCUT2D eigenvalue weighted by atomic mass is 10.0. The molecule has 3 fully saturated rings. The van der Waals surface area contributed by atoms with Crippen LogP contribution in [-0.4, -0.2) is 78.7 Å². The average molecular weight is 465 g/mol. The molecule has 32 heavy (non-hydrogen) atoms. The molecule has 172 valence electrons. The van der Waals surface area contributed by atoms with E-state index in [4.69, 9.17) is 0 Å². The Bertz CT molecular complexity index is 987. The summed E-state index contributed by atoms with van der Waals surface area (Å²) in [6.07, 6.45) is -3.54. The highest BCUT2D eigenvalue weighted by Gasteiger charge is 2.37. The summed E-state index contributed by atoms with van der Waals surface area (Å²) in [5.74, 6) is 2.02. The molecule has 0 spiro atoms. The second-order valence-electron chi connectivity index (χ2n) is 8.69. The van der Waals surface area contributed by atoms with Crippen molar-refractivity contribution in [2.24, 2.45) is 0 Å². The van der Waals surface area contributed by atoms with Crippen molar-refractivity contribution in [2.75, 3.05) is 55.8 Å². The van der Waals surface area contributed by atoms with Gasteiger partial charge in [-0.2, -0.15) is 13.2 Å². The predicted molar refractivity (Wildman–Crippen MR) is 122 cm³/mol. The molecule has 1 amide bonds. The first-order chi connectivity index (χ1) is 15.4. The molecule has 5 rings (SSSR count). The molecule has 0 unspecified atom stereocenters. The van der Waals surface area contributed by atoms with Crippen molar-refractivity contribution in [2.45, 2.75) is 24.7 Å². The van der Waals surface area contributed by atoms with Gasteiger partial charge in [0.25, 0.3) is 0 Å². The molecule has 1 N–H and O–H groups in total. The maximum Gasteiger partial charge on any atom is 0.417 e. The maximum absolute atomic E-state index is 13.4. The molecule has 2 atom stereocenters. The van der Waals surface area contributed by atoms with Crippen LogP contribution in [0.4, 0.5) is 18.9 Å². The predicted octanol–water partition coefficient (Wildman–Crippen LogP) is 3.24. The maximum atomic E-state index is 13.4. The number of nitrogens with zero attached hydrogens (tertiary/aromatic N) is 3. The van der Waals surface area contributed by atoms with Gasteiger partial charge in [0.1, 0.15) is 0 Å². The van der Waals surface area contributed by atoms with Gasteiger partial charge in [-0.3, -0.25) is 9.69 Å². The van der Waals surface area contributed by atoms with E-state index in [1.165, 1.54) is 6.07 Å². The third kappa shape index (κ3) is 4.18. The molecule has 2 aromatic carbocycles. The number of thioether (sulfide) groups is 1. The topological polar surface area (TPSA) is 38.8 Å². The van der Waals surface area contributed by atoms with Gasteiger partial charge in [-0.05, 0) is 23.9 Å². The van der Waals surface area contributed by atoms with Crippen LogP contribution in [-0.2, 0) is 11.0 Å². The molecule has 0 bridgehead atoms. The molecular formula is C23H27F3N4OS. The summed E-state index contributed by atoms with van der Waals surface area (Å²) < 4.78 is 40.3. The summed E-state index contributed by atoms with van der Waals surface area (Å²) in [6, 6.07) is 9.82. The number of hydrogen-bond donors (Lipinski definition) is 1. The van der Waals surface area contributed by atoms with Gasteiger partial charge in [-0.1, -0.05) is 24.3 Å².